The standard InChI is InChI=1S/C12H18O/c1-2-3-5-10-12(13)11-8-6-4-7-9-11/h5,8,10H,2-4,6-7,9H2,1H3/b10-5+. The van der Waals surface area contributed by atoms with Crippen molar-refractivity contribution in [2.24, 2.45) is 0 Å². The largest absolute Gasteiger partial charge is 0.290 e. The van der Waals surface area contributed by atoms with E-state index in [0.29, 0.717) is 0 Å². The Hall–Kier alpha value is -0.850. The fourth-order valence-electron chi connectivity index (χ4n) is 1.53. The molecule has 1 aliphatic carbocycles. The SMILES string of the molecule is CCC/C=C/C(=O)C1=CCCCC1. The van der Waals surface area contributed by atoms with Crippen LogP contribution in [0.25, 0.3) is 0 Å². The summed E-state index contributed by atoms with van der Waals surface area (Å²) in [5, 5.41) is 0. The van der Waals surface area contributed by atoms with Gasteiger partial charge >= 0.3 is 0 Å². The molecule has 0 radical (unpaired) electrons. The molecule has 0 aromatic heterocycles. The van der Waals surface area contributed by atoms with Gasteiger partial charge < -0.3 is 0 Å². The lowest BCUT2D eigenvalue weighted by molar-refractivity contribution is -0.111. The molecule has 0 heterocycles. The van der Waals surface area contributed by atoms with E-state index in [4.69, 9.17) is 0 Å². The minimum absolute atomic E-state index is 0.230. The lowest BCUT2D eigenvalue weighted by Gasteiger charge is -2.08. The second-order valence-electron chi connectivity index (χ2n) is 3.53. The first-order chi connectivity index (χ1) is 6.34. The maximum Gasteiger partial charge on any atom is 0.181 e. The molecular weight excluding hydrogens is 160 g/mol. The van der Waals surface area contributed by atoms with Crippen LogP contribution in [0.5, 0.6) is 0 Å². The topological polar surface area (TPSA) is 17.1 Å². The van der Waals surface area contributed by atoms with E-state index in [1.165, 1.54) is 12.8 Å². The molecule has 13 heavy (non-hydrogen) atoms. The van der Waals surface area contributed by atoms with Crippen LogP contribution in [0.2, 0.25) is 0 Å². The van der Waals surface area contributed by atoms with Crippen molar-refractivity contribution in [3.8, 4) is 0 Å². The molecule has 1 nitrogen and oxygen atoms in total. The summed E-state index contributed by atoms with van der Waals surface area (Å²) in [6.07, 6.45) is 12.4. The zero-order valence-electron chi connectivity index (χ0n) is 8.38. The zero-order valence-corrected chi connectivity index (χ0v) is 8.38. The summed E-state index contributed by atoms with van der Waals surface area (Å²) in [6, 6.07) is 0. The van der Waals surface area contributed by atoms with E-state index in [1.807, 2.05) is 6.08 Å². The van der Waals surface area contributed by atoms with Gasteiger partial charge in [0.05, 0.1) is 0 Å². The Balaban J connectivity index is 2.42. The van der Waals surface area contributed by atoms with Gasteiger partial charge in [-0.3, -0.25) is 4.79 Å². The van der Waals surface area contributed by atoms with Crippen LogP contribution in [0.3, 0.4) is 0 Å². The maximum absolute atomic E-state index is 11.5. The predicted octanol–water partition coefficient (Wildman–Crippen LogP) is 3.41. The molecular formula is C12H18O. The van der Waals surface area contributed by atoms with Crippen LogP contribution < -0.4 is 0 Å². The summed E-state index contributed by atoms with van der Waals surface area (Å²) in [7, 11) is 0. The number of ketones is 1. The summed E-state index contributed by atoms with van der Waals surface area (Å²) >= 11 is 0. The van der Waals surface area contributed by atoms with E-state index >= 15 is 0 Å². The van der Waals surface area contributed by atoms with Crippen LogP contribution in [-0.2, 0) is 4.79 Å². The van der Waals surface area contributed by atoms with Gasteiger partial charge in [-0.2, -0.15) is 0 Å². The van der Waals surface area contributed by atoms with Crippen LogP contribution >= 0.6 is 0 Å². The molecule has 0 amide bonds. The smallest absolute Gasteiger partial charge is 0.181 e. The fraction of sp³-hybridized carbons (Fsp3) is 0.583. The third-order valence-electron chi connectivity index (χ3n) is 2.33. The average molecular weight is 178 g/mol. The minimum Gasteiger partial charge on any atom is -0.290 e. The minimum atomic E-state index is 0.230. The van der Waals surface area contributed by atoms with Gasteiger partial charge in [-0.25, -0.2) is 0 Å². The van der Waals surface area contributed by atoms with E-state index in [2.05, 4.69) is 13.0 Å². The van der Waals surface area contributed by atoms with Crippen molar-refractivity contribution < 1.29 is 4.79 Å². The first-order valence-corrected chi connectivity index (χ1v) is 5.24. The Labute approximate surface area is 80.5 Å². The van der Waals surface area contributed by atoms with Gasteiger partial charge in [-0.15, -0.1) is 0 Å². The van der Waals surface area contributed by atoms with Crippen LogP contribution in [0, 0.1) is 0 Å². The van der Waals surface area contributed by atoms with Crippen molar-refractivity contribution >= 4 is 5.78 Å². The van der Waals surface area contributed by atoms with E-state index < -0.39 is 0 Å². The summed E-state index contributed by atoms with van der Waals surface area (Å²) < 4.78 is 0. The lowest BCUT2D eigenvalue weighted by atomic mass is 9.96. The summed E-state index contributed by atoms with van der Waals surface area (Å²) in [5.74, 6) is 0.230. The Morgan fingerprint density at radius 1 is 1.54 bits per heavy atom. The second kappa shape index (κ2) is 5.74. The number of unbranched alkanes of at least 4 members (excludes halogenated alkanes) is 1. The first-order valence-electron chi connectivity index (χ1n) is 5.24. The van der Waals surface area contributed by atoms with Crippen molar-refractivity contribution in [1.82, 2.24) is 0 Å². The molecule has 1 rings (SSSR count). The molecule has 0 atom stereocenters. The van der Waals surface area contributed by atoms with Crippen molar-refractivity contribution in [2.75, 3.05) is 0 Å². The van der Waals surface area contributed by atoms with Gasteiger partial charge in [0, 0.05) is 0 Å². The molecule has 0 saturated carbocycles. The molecule has 0 N–H and O–H groups in total. The van der Waals surface area contributed by atoms with E-state index in [0.717, 1.165) is 31.3 Å². The van der Waals surface area contributed by atoms with Gasteiger partial charge in [0.1, 0.15) is 0 Å². The molecule has 1 aliphatic rings. The molecule has 0 bridgehead atoms. The number of carbonyl (C=O) groups is 1. The van der Waals surface area contributed by atoms with Crippen molar-refractivity contribution in [2.45, 2.75) is 45.4 Å². The Kier molecular flexibility index (Phi) is 4.52. The Bertz CT molecular complexity index is 223. The molecule has 0 spiro atoms. The van der Waals surface area contributed by atoms with Gasteiger partial charge in [0.2, 0.25) is 0 Å². The maximum atomic E-state index is 11.5. The van der Waals surface area contributed by atoms with Crippen LogP contribution in [0.15, 0.2) is 23.8 Å². The highest BCUT2D eigenvalue weighted by Gasteiger charge is 2.08. The number of allylic oxidation sites excluding steroid dienone is 4. The summed E-state index contributed by atoms with van der Waals surface area (Å²) in [5.41, 5.74) is 1.03. The van der Waals surface area contributed by atoms with Crippen LogP contribution in [0.1, 0.15) is 45.4 Å². The molecule has 0 aromatic rings. The summed E-state index contributed by atoms with van der Waals surface area (Å²) in [6.45, 7) is 2.12. The quantitative estimate of drug-likeness (QED) is 0.603. The van der Waals surface area contributed by atoms with Gasteiger partial charge in [-0.05, 0) is 43.8 Å². The summed E-state index contributed by atoms with van der Waals surface area (Å²) in [4.78, 5) is 11.5. The van der Waals surface area contributed by atoms with E-state index in [1.54, 1.807) is 6.08 Å². The molecule has 0 aromatic carbocycles. The highest BCUT2D eigenvalue weighted by atomic mass is 16.1. The molecule has 72 valence electrons. The predicted molar refractivity (Wildman–Crippen MR) is 55.6 cm³/mol. The van der Waals surface area contributed by atoms with Crippen LogP contribution in [0.4, 0.5) is 0 Å². The van der Waals surface area contributed by atoms with Crippen molar-refractivity contribution in [3.63, 3.8) is 0 Å². The number of carbonyl (C=O) groups excluding carboxylic acids is 1. The third-order valence-corrected chi connectivity index (χ3v) is 2.33. The third kappa shape index (κ3) is 3.58. The van der Waals surface area contributed by atoms with Crippen molar-refractivity contribution in [1.29, 1.82) is 0 Å². The number of rotatable bonds is 4. The average Bonchev–Trinajstić information content (AvgIpc) is 2.19. The van der Waals surface area contributed by atoms with Crippen molar-refractivity contribution in [3.05, 3.63) is 23.8 Å². The van der Waals surface area contributed by atoms with Gasteiger partial charge in [-0.1, -0.05) is 25.5 Å². The van der Waals surface area contributed by atoms with Crippen LogP contribution in [-0.4, -0.2) is 5.78 Å². The normalized spacial score (nSPS) is 17.5. The highest BCUT2D eigenvalue weighted by molar-refractivity contribution is 6.03. The fourth-order valence-corrected chi connectivity index (χ4v) is 1.53. The van der Waals surface area contributed by atoms with Gasteiger partial charge in [0.25, 0.3) is 0 Å². The zero-order chi connectivity index (χ0) is 9.52. The monoisotopic (exact) mass is 178 g/mol. The van der Waals surface area contributed by atoms with E-state index in [-0.39, 0.29) is 5.78 Å². The Morgan fingerprint density at radius 2 is 2.38 bits per heavy atom. The lowest BCUT2D eigenvalue weighted by Crippen LogP contribution is -2.02. The molecule has 0 saturated heterocycles. The number of hydrogen-bond donors (Lipinski definition) is 0. The molecule has 0 unspecified atom stereocenters. The van der Waals surface area contributed by atoms with E-state index in [9.17, 15) is 4.79 Å². The van der Waals surface area contributed by atoms with Gasteiger partial charge in [0.15, 0.2) is 5.78 Å². The Morgan fingerprint density at radius 3 is 3.00 bits per heavy atom. The second-order valence-corrected chi connectivity index (χ2v) is 3.53. The molecule has 0 aliphatic heterocycles. The highest BCUT2D eigenvalue weighted by Crippen LogP contribution is 2.18. The molecule has 0 fully saturated rings. The number of hydrogen-bond acceptors (Lipinski definition) is 1. The molecule has 1 heteroatoms. The first kappa shape index (κ1) is 10.2.